The number of H-pyrrole nitrogens is 1. The highest BCUT2D eigenvalue weighted by Gasteiger charge is 2.04. The third kappa shape index (κ3) is 1.94. The van der Waals surface area contributed by atoms with Crippen molar-refractivity contribution in [1.29, 1.82) is 0 Å². The van der Waals surface area contributed by atoms with Crippen LogP contribution in [-0.4, -0.2) is 16.5 Å². The Hall–Kier alpha value is -0.540. The van der Waals surface area contributed by atoms with E-state index in [-0.39, 0.29) is 0 Å². The summed E-state index contributed by atoms with van der Waals surface area (Å²) in [5, 5.41) is 0.580. The van der Waals surface area contributed by atoms with E-state index in [2.05, 4.69) is 9.97 Å². The van der Waals surface area contributed by atoms with Gasteiger partial charge in [0, 0.05) is 6.42 Å². The van der Waals surface area contributed by atoms with Crippen LogP contribution in [0.15, 0.2) is 0 Å². The van der Waals surface area contributed by atoms with Crippen molar-refractivity contribution in [2.24, 2.45) is 5.73 Å². The number of hydrogen-bond donors (Lipinski definition) is 2. The zero-order valence-electron chi connectivity index (χ0n) is 6.52. The van der Waals surface area contributed by atoms with Crippen LogP contribution in [0.1, 0.15) is 18.4 Å². The van der Waals surface area contributed by atoms with Crippen LogP contribution in [0.3, 0.4) is 0 Å². The van der Waals surface area contributed by atoms with Gasteiger partial charge in [-0.25, -0.2) is 4.98 Å². The molecular weight excluding hydrogens is 162 g/mol. The second-order valence-corrected chi connectivity index (χ2v) is 2.70. The first-order chi connectivity index (χ1) is 5.27. The van der Waals surface area contributed by atoms with Crippen LogP contribution in [0.4, 0.5) is 0 Å². The summed E-state index contributed by atoms with van der Waals surface area (Å²) < 4.78 is 0. The molecular formula is C7H12ClN3. The molecule has 0 fully saturated rings. The number of aromatic nitrogens is 2. The van der Waals surface area contributed by atoms with Crippen molar-refractivity contribution in [3.8, 4) is 0 Å². The van der Waals surface area contributed by atoms with Crippen molar-refractivity contribution >= 4 is 11.6 Å². The van der Waals surface area contributed by atoms with Gasteiger partial charge in [0.1, 0.15) is 11.0 Å². The van der Waals surface area contributed by atoms with Gasteiger partial charge in [-0.15, -0.1) is 0 Å². The molecule has 0 aliphatic rings. The molecule has 1 heterocycles. The third-order valence-corrected chi connectivity index (χ3v) is 1.82. The maximum Gasteiger partial charge on any atom is 0.150 e. The van der Waals surface area contributed by atoms with E-state index in [0.29, 0.717) is 11.7 Å². The van der Waals surface area contributed by atoms with Crippen LogP contribution in [0.5, 0.6) is 0 Å². The molecule has 1 rings (SSSR count). The highest BCUT2D eigenvalue weighted by molar-refractivity contribution is 6.30. The minimum Gasteiger partial charge on any atom is -0.345 e. The van der Waals surface area contributed by atoms with Gasteiger partial charge in [0.25, 0.3) is 0 Å². The molecule has 0 bridgehead atoms. The van der Waals surface area contributed by atoms with Crippen molar-refractivity contribution < 1.29 is 0 Å². The van der Waals surface area contributed by atoms with Crippen LogP contribution in [0, 0.1) is 0 Å². The van der Waals surface area contributed by atoms with Crippen molar-refractivity contribution in [1.82, 2.24) is 9.97 Å². The number of halogens is 1. The summed E-state index contributed by atoms with van der Waals surface area (Å²) in [6, 6.07) is 0. The number of nitrogens with zero attached hydrogens (tertiary/aromatic N) is 1. The molecule has 62 valence electrons. The molecule has 0 atom stereocenters. The monoisotopic (exact) mass is 173 g/mol. The van der Waals surface area contributed by atoms with Gasteiger partial charge in [0.05, 0.1) is 5.69 Å². The van der Waals surface area contributed by atoms with Crippen molar-refractivity contribution in [3.63, 3.8) is 0 Å². The molecule has 0 saturated heterocycles. The fraction of sp³-hybridized carbons (Fsp3) is 0.571. The molecule has 0 aliphatic heterocycles. The first kappa shape index (κ1) is 8.56. The highest BCUT2D eigenvalue weighted by atomic mass is 35.5. The summed E-state index contributed by atoms with van der Waals surface area (Å²) in [6.45, 7) is 2.64. The maximum absolute atomic E-state index is 5.80. The van der Waals surface area contributed by atoms with Crippen molar-refractivity contribution in [2.75, 3.05) is 6.54 Å². The standard InChI is InChI=1S/C7H12ClN3/c1-2-5-7(8)11-6(10-5)3-4-9/h2-4,9H2,1H3,(H,10,11). The average Bonchev–Trinajstić information content (AvgIpc) is 2.32. The number of hydrogen-bond acceptors (Lipinski definition) is 2. The van der Waals surface area contributed by atoms with Gasteiger partial charge < -0.3 is 10.7 Å². The second-order valence-electron chi connectivity index (χ2n) is 2.35. The third-order valence-electron chi connectivity index (χ3n) is 1.51. The Bertz CT molecular complexity index is 232. The van der Waals surface area contributed by atoms with Gasteiger partial charge in [0.15, 0.2) is 0 Å². The summed E-state index contributed by atoms with van der Waals surface area (Å²) in [7, 11) is 0. The molecule has 0 radical (unpaired) electrons. The molecule has 0 amide bonds. The molecule has 3 N–H and O–H groups in total. The van der Waals surface area contributed by atoms with Crippen LogP contribution in [0.2, 0.25) is 5.15 Å². The Labute approximate surface area is 71.0 Å². The molecule has 11 heavy (non-hydrogen) atoms. The van der Waals surface area contributed by atoms with E-state index in [1.807, 2.05) is 6.92 Å². The largest absolute Gasteiger partial charge is 0.345 e. The molecule has 0 unspecified atom stereocenters. The maximum atomic E-state index is 5.80. The van der Waals surface area contributed by atoms with Gasteiger partial charge in [-0.1, -0.05) is 18.5 Å². The van der Waals surface area contributed by atoms with Crippen LogP contribution in [0.25, 0.3) is 0 Å². The lowest BCUT2D eigenvalue weighted by Crippen LogP contribution is -2.03. The quantitative estimate of drug-likeness (QED) is 0.720. The van der Waals surface area contributed by atoms with Gasteiger partial charge >= 0.3 is 0 Å². The van der Waals surface area contributed by atoms with Crippen LogP contribution >= 0.6 is 11.6 Å². The topological polar surface area (TPSA) is 54.7 Å². The number of nitrogens with two attached hydrogens (primary N) is 1. The first-order valence-corrected chi connectivity index (χ1v) is 4.09. The van der Waals surface area contributed by atoms with E-state index in [4.69, 9.17) is 17.3 Å². The average molecular weight is 174 g/mol. The van der Waals surface area contributed by atoms with E-state index in [0.717, 1.165) is 24.4 Å². The number of imidazole rings is 1. The van der Waals surface area contributed by atoms with Gasteiger partial charge in [-0.2, -0.15) is 0 Å². The summed E-state index contributed by atoms with van der Waals surface area (Å²) in [6.07, 6.45) is 1.65. The van der Waals surface area contributed by atoms with Gasteiger partial charge in [0.2, 0.25) is 0 Å². The van der Waals surface area contributed by atoms with Gasteiger partial charge in [-0.05, 0) is 13.0 Å². The second kappa shape index (κ2) is 3.74. The van der Waals surface area contributed by atoms with E-state index in [1.54, 1.807) is 0 Å². The molecule has 0 aliphatic carbocycles. The minimum atomic E-state index is 0.580. The Morgan fingerprint density at radius 1 is 1.64 bits per heavy atom. The number of aryl methyl sites for hydroxylation is 1. The summed E-state index contributed by atoms with van der Waals surface area (Å²) >= 11 is 5.80. The van der Waals surface area contributed by atoms with Crippen molar-refractivity contribution in [3.05, 3.63) is 16.7 Å². The smallest absolute Gasteiger partial charge is 0.150 e. The fourth-order valence-electron chi connectivity index (χ4n) is 0.929. The Morgan fingerprint density at radius 2 is 2.36 bits per heavy atom. The van der Waals surface area contributed by atoms with Crippen molar-refractivity contribution in [2.45, 2.75) is 19.8 Å². The lowest BCUT2D eigenvalue weighted by atomic mass is 10.4. The molecule has 0 spiro atoms. The molecule has 0 aromatic carbocycles. The summed E-state index contributed by atoms with van der Waals surface area (Å²) in [4.78, 5) is 7.21. The number of aromatic amines is 1. The minimum absolute atomic E-state index is 0.580. The zero-order chi connectivity index (χ0) is 8.27. The Kier molecular flexibility index (Phi) is 2.91. The number of rotatable bonds is 3. The zero-order valence-corrected chi connectivity index (χ0v) is 7.28. The molecule has 1 aromatic rings. The SMILES string of the molecule is CCc1[nH]c(CCN)nc1Cl. The Balaban J connectivity index is 2.77. The molecule has 1 aromatic heterocycles. The molecule has 0 saturated carbocycles. The lowest BCUT2D eigenvalue weighted by molar-refractivity contribution is 0.885. The Morgan fingerprint density at radius 3 is 2.82 bits per heavy atom. The summed E-state index contributed by atoms with van der Waals surface area (Å²) in [5.74, 6) is 0.884. The van der Waals surface area contributed by atoms with E-state index < -0.39 is 0 Å². The molecule has 4 heteroatoms. The van der Waals surface area contributed by atoms with Crippen LogP contribution < -0.4 is 5.73 Å². The molecule has 3 nitrogen and oxygen atoms in total. The first-order valence-electron chi connectivity index (χ1n) is 3.71. The predicted octanol–water partition coefficient (Wildman–Crippen LogP) is 1.13. The van der Waals surface area contributed by atoms with E-state index >= 15 is 0 Å². The highest BCUT2D eigenvalue weighted by Crippen LogP contribution is 2.12. The van der Waals surface area contributed by atoms with E-state index in [9.17, 15) is 0 Å². The number of nitrogens with one attached hydrogen (secondary N) is 1. The summed E-state index contributed by atoms with van der Waals surface area (Å²) in [5.41, 5.74) is 6.35. The lowest BCUT2D eigenvalue weighted by Gasteiger charge is -1.89. The normalized spacial score (nSPS) is 10.5. The fourth-order valence-corrected chi connectivity index (χ4v) is 1.21. The predicted molar refractivity (Wildman–Crippen MR) is 45.7 cm³/mol. The van der Waals surface area contributed by atoms with E-state index in [1.165, 1.54) is 0 Å². The van der Waals surface area contributed by atoms with Crippen LogP contribution in [-0.2, 0) is 12.8 Å². The van der Waals surface area contributed by atoms with Gasteiger partial charge in [-0.3, -0.25) is 0 Å².